The third-order valence-electron chi connectivity index (χ3n) is 4.32. The van der Waals surface area contributed by atoms with Gasteiger partial charge in [0.1, 0.15) is 5.84 Å². The first kappa shape index (κ1) is 16.1. The Balaban J connectivity index is 1.78. The van der Waals surface area contributed by atoms with E-state index in [1.165, 1.54) is 0 Å². The molecule has 1 unspecified atom stereocenters. The van der Waals surface area contributed by atoms with Crippen LogP contribution >= 0.6 is 23.2 Å². The summed E-state index contributed by atoms with van der Waals surface area (Å²) in [4.78, 5) is 9.53. The van der Waals surface area contributed by atoms with Gasteiger partial charge in [-0.2, -0.15) is 0 Å². The number of piperazine rings is 1. The zero-order valence-corrected chi connectivity index (χ0v) is 14.4. The highest BCUT2D eigenvalue weighted by molar-refractivity contribution is 6.35. The van der Waals surface area contributed by atoms with E-state index < -0.39 is 0 Å². The van der Waals surface area contributed by atoms with Gasteiger partial charge in [0.2, 0.25) is 0 Å². The van der Waals surface area contributed by atoms with Crippen molar-refractivity contribution in [1.82, 2.24) is 15.1 Å². The van der Waals surface area contributed by atoms with Crippen molar-refractivity contribution in [2.75, 3.05) is 39.8 Å². The molecular formula is C16H22Cl2N4. The van der Waals surface area contributed by atoms with Crippen LogP contribution in [-0.2, 0) is 6.54 Å². The fraction of sp³-hybridized carbons (Fsp3) is 0.562. The van der Waals surface area contributed by atoms with Gasteiger partial charge in [0, 0.05) is 49.3 Å². The molecule has 0 radical (unpaired) electrons. The summed E-state index contributed by atoms with van der Waals surface area (Å²) >= 11 is 12.3. The minimum absolute atomic E-state index is 0.311. The van der Waals surface area contributed by atoms with Crippen molar-refractivity contribution in [2.24, 2.45) is 4.99 Å². The van der Waals surface area contributed by atoms with Crippen molar-refractivity contribution < 1.29 is 0 Å². The smallest absolute Gasteiger partial charge is 0.115 e. The second kappa shape index (κ2) is 7.18. The Morgan fingerprint density at radius 1 is 1.32 bits per heavy atom. The first-order valence-electron chi connectivity index (χ1n) is 7.78. The molecule has 22 heavy (non-hydrogen) atoms. The van der Waals surface area contributed by atoms with Gasteiger partial charge in [-0.25, -0.2) is 0 Å². The van der Waals surface area contributed by atoms with Crippen molar-refractivity contribution in [3.05, 3.63) is 33.8 Å². The zero-order valence-electron chi connectivity index (χ0n) is 12.9. The lowest BCUT2D eigenvalue weighted by Gasteiger charge is -2.41. The van der Waals surface area contributed by atoms with Crippen LogP contribution in [0.1, 0.15) is 12.0 Å². The average Bonchev–Trinajstić information content (AvgIpc) is 2.52. The molecule has 2 heterocycles. The maximum Gasteiger partial charge on any atom is 0.115 e. The van der Waals surface area contributed by atoms with Crippen molar-refractivity contribution >= 4 is 29.0 Å². The molecule has 2 aliphatic heterocycles. The van der Waals surface area contributed by atoms with Crippen LogP contribution in [0.5, 0.6) is 0 Å². The summed E-state index contributed by atoms with van der Waals surface area (Å²) in [6.07, 6.45) is 1.12. The van der Waals surface area contributed by atoms with Gasteiger partial charge in [-0.3, -0.25) is 9.89 Å². The third kappa shape index (κ3) is 3.74. The van der Waals surface area contributed by atoms with Crippen molar-refractivity contribution in [2.45, 2.75) is 19.0 Å². The molecule has 1 N–H and O–H groups in total. The van der Waals surface area contributed by atoms with Gasteiger partial charge in [0.05, 0.1) is 6.04 Å². The maximum absolute atomic E-state index is 6.34. The Bertz CT molecular complexity index is 561. The van der Waals surface area contributed by atoms with E-state index in [9.17, 15) is 0 Å². The summed E-state index contributed by atoms with van der Waals surface area (Å²) in [6, 6.07) is 6.06. The normalized spacial score (nSPS) is 24.0. The van der Waals surface area contributed by atoms with Crippen molar-refractivity contribution in [3.63, 3.8) is 0 Å². The summed E-state index contributed by atoms with van der Waals surface area (Å²) in [7, 11) is 2.17. The molecule has 4 nitrogen and oxygen atoms in total. The number of likely N-dealkylation sites (N-methyl/N-ethyl adjacent to an activating group) is 1. The van der Waals surface area contributed by atoms with E-state index in [0.29, 0.717) is 11.1 Å². The Morgan fingerprint density at radius 3 is 2.91 bits per heavy atom. The molecular weight excluding hydrogens is 319 g/mol. The van der Waals surface area contributed by atoms with E-state index in [4.69, 9.17) is 28.2 Å². The van der Waals surface area contributed by atoms with Gasteiger partial charge in [0.25, 0.3) is 0 Å². The second-order valence-electron chi connectivity index (χ2n) is 6.03. The monoisotopic (exact) mass is 340 g/mol. The molecule has 1 atom stereocenters. The van der Waals surface area contributed by atoms with Crippen LogP contribution < -0.4 is 5.32 Å². The van der Waals surface area contributed by atoms with Crippen LogP contribution in [0.15, 0.2) is 23.2 Å². The fourth-order valence-corrected chi connectivity index (χ4v) is 3.52. The number of amidine groups is 1. The first-order valence-corrected chi connectivity index (χ1v) is 8.54. The van der Waals surface area contributed by atoms with Gasteiger partial charge < -0.3 is 10.2 Å². The highest BCUT2D eigenvalue weighted by Gasteiger charge is 2.30. The predicted octanol–water partition coefficient (Wildman–Crippen LogP) is 2.50. The molecule has 3 rings (SSSR count). The molecule has 0 aliphatic carbocycles. The number of hydrogen-bond acceptors (Lipinski definition) is 4. The molecule has 1 saturated heterocycles. The Morgan fingerprint density at radius 2 is 2.18 bits per heavy atom. The number of halogens is 2. The molecule has 6 heteroatoms. The van der Waals surface area contributed by atoms with E-state index in [1.807, 2.05) is 18.2 Å². The molecule has 1 aromatic carbocycles. The maximum atomic E-state index is 6.34. The summed E-state index contributed by atoms with van der Waals surface area (Å²) in [5.41, 5.74) is 1.12. The third-order valence-corrected chi connectivity index (χ3v) is 4.91. The van der Waals surface area contributed by atoms with Gasteiger partial charge in [-0.15, -0.1) is 0 Å². The van der Waals surface area contributed by atoms with Gasteiger partial charge in [-0.1, -0.05) is 29.3 Å². The molecule has 0 amide bonds. The quantitative estimate of drug-likeness (QED) is 0.917. The van der Waals surface area contributed by atoms with Crippen LogP contribution in [0.2, 0.25) is 10.0 Å². The number of nitrogens with zero attached hydrogens (tertiary/aromatic N) is 3. The van der Waals surface area contributed by atoms with Crippen LogP contribution in [-0.4, -0.2) is 61.4 Å². The van der Waals surface area contributed by atoms with Crippen molar-refractivity contribution in [3.8, 4) is 0 Å². The molecule has 0 saturated carbocycles. The highest BCUT2D eigenvalue weighted by Crippen LogP contribution is 2.24. The fourth-order valence-electron chi connectivity index (χ4n) is 3.05. The molecule has 2 aliphatic rings. The minimum atomic E-state index is 0.311. The SMILES string of the molecule is CN1CCN(Cc2ccc(Cl)cc2Cl)C(C2=NCCCN2)C1. The minimum Gasteiger partial charge on any atom is -0.372 e. The molecule has 120 valence electrons. The molecule has 0 spiro atoms. The van der Waals surface area contributed by atoms with Gasteiger partial charge in [0.15, 0.2) is 0 Å². The molecule has 0 bridgehead atoms. The number of nitrogens with one attached hydrogen (secondary N) is 1. The summed E-state index contributed by atoms with van der Waals surface area (Å²) < 4.78 is 0. The van der Waals surface area contributed by atoms with Gasteiger partial charge >= 0.3 is 0 Å². The van der Waals surface area contributed by atoms with Gasteiger partial charge in [-0.05, 0) is 31.2 Å². The number of aliphatic imine (C=N–C) groups is 1. The molecule has 1 fully saturated rings. The van der Waals surface area contributed by atoms with E-state index in [1.54, 1.807) is 0 Å². The topological polar surface area (TPSA) is 30.9 Å². The van der Waals surface area contributed by atoms with Crippen LogP contribution in [0.4, 0.5) is 0 Å². The Labute approximate surface area is 142 Å². The lowest BCUT2D eigenvalue weighted by molar-refractivity contribution is 0.116. The standard InChI is InChI=1S/C16H22Cl2N4/c1-21-7-8-22(10-12-3-4-13(17)9-14(12)18)15(11-21)16-19-5-2-6-20-16/h3-4,9,15H,2,5-8,10-11H2,1H3,(H,19,20). The number of benzene rings is 1. The summed E-state index contributed by atoms with van der Waals surface area (Å²) in [5.74, 6) is 1.13. The van der Waals surface area contributed by atoms with E-state index in [2.05, 4.69) is 22.2 Å². The van der Waals surface area contributed by atoms with Crippen LogP contribution in [0.25, 0.3) is 0 Å². The lowest BCUT2D eigenvalue weighted by Crippen LogP contribution is -2.58. The summed E-state index contributed by atoms with van der Waals surface area (Å²) in [5, 5.41) is 4.90. The van der Waals surface area contributed by atoms with Crippen molar-refractivity contribution in [1.29, 1.82) is 0 Å². The largest absolute Gasteiger partial charge is 0.372 e. The molecule has 1 aromatic rings. The number of hydrogen-bond donors (Lipinski definition) is 1. The van der Waals surface area contributed by atoms with E-state index >= 15 is 0 Å². The second-order valence-corrected chi connectivity index (χ2v) is 6.88. The number of rotatable bonds is 3. The van der Waals surface area contributed by atoms with E-state index in [0.717, 1.165) is 62.1 Å². The van der Waals surface area contributed by atoms with Crippen LogP contribution in [0.3, 0.4) is 0 Å². The zero-order chi connectivity index (χ0) is 15.5. The predicted molar refractivity (Wildman–Crippen MR) is 93.1 cm³/mol. The Kier molecular flexibility index (Phi) is 5.24. The van der Waals surface area contributed by atoms with Crippen LogP contribution in [0, 0.1) is 0 Å². The first-order chi connectivity index (χ1) is 10.6. The highest BCUT2D eigenvalue weighted by atomic mass is 35.5. The average molecular weight is 341 g/mol. The Hall–Kier alpha value is -0.810. The molecule has 0 aromatic heterocycles. The van der Waals surface area contributed by atoms with E-state index in [-0.39, 0.29) is 0 Å². The summed E-state index contributed by atoms with van der Waals surface area (Å²) in [6.45, 7) is 5.86. The lowest BCUT2D eigenvalue weighted by atomic mass is 10.1.